The van der Waals surface area contributed by atoms with E-state index in [9.17, 15) is 0 Å². The van der Waals surface area contributed by atoms with E-state index < -0.39 is 0 Å². The summed E-state index contributed by atoms with van der Waals surface area (Å²) in [5.74, 6) is 0. The van der Waals surface area contributed by atoms with E-state index in [1.165, 1.54) is 6.55 Å². The van der Waals surface area contributed by atoms with Gasteiger partial charge in [0.15, 0.2) is 0 Å². The van der Waals surface area contributed by atoms with Gasteiger partial charge in [0.25, 0.3) is 0 Å². The average molecular weight is 58.1 g/mol. The van der Waals surface area contributed by atoms with E-state index in [4.69, 9.17) is 1.37 Å². The van der Waals surface area contributed by atoms with Crippen molar-refractivity contribution in [3.63, 3.8) is 0 Å². The van der Waals surface area contributed by atoms with Gasteiger partial charge in [-0.15, -0.1) is 6.55 Å². The van der Waals surface area contributed by atoms with Gasteiger partial charge in [-0.25, -0.2) is 0 Å². The Kier molecular flexibility index (Phi) is 1.38. The fourth-order valence-corrected chi connectivity index (χ4v) is 0. The van der Waals surface area contributed by atoms with Gasteiger partial charge in [-0.1, -0.05) is 13.0 Å². The minimum atomic E-state index is 0.976. The first-order valence-electron chi connectivity index (χ1n) is 2.03. The molecular weight excluding hydrogens is 48.0 g/mol. The van der Waals surface area contributed by atoms with Crippen LogP contribution in [-0.4, -0.2) is 0 Å². The molecule has 0 radical (unpaired) electrons. The average Bonchev–Trinajstić information content (AvgIpc) is 1.41. The van der Waals surface area contributed by atoms with Crippen molar-refractivity contribution >= 4 is 0 Å². The molecule has 0 aliphatic carbocycles. The van der Waals surface area contributed by atoms with Crippen molar-refractivity contribution in [2.45, 2.75) is 13.3 Å². The summed E-state index contributed by atoms with van der Waals surface area (Å²) >= 11 is 0. The summed E-state index contributed by atoms with van der Waals surface area (Å²) in [5, 5.41) is 0. The van der Waals surface area contributed by atoms with Crippen molar-refractivity contribution in [2.24, 2.45) is 0 Å². The second kappa shape index (κ2) is 2.74. The van der Waals surface area contributed by atoms with Crippen LogP contribution in [0.1, 0.15) is 14.7 Å². The van der Waals surface area contributed by atoms with Crippen molar-refractivity contribution in [3.8, 4) is 0 Å². The first-order chi connectivity index (χ1) is 2.41. The van der Waals surface area contributed by atoms with Crippen LogP contribution in [0.25, 0.3) is 0 Å². The van der Waals surface area contributed by atoms with Crippen LogP contribution in [0.3, 0.4) is 0 Å². The zero-order valence-corrected chi connectivity index (χ0v) is 2.86. The molecule has 0 unspecified atom stereocenters. The highest BCUT2D eigenvalue weighted by molar-refractivity contribution is 4.60. The first-order valence-corrected chi connectivity index (χ1v) is 1.45. The summed E-state index contributed by atoms with van der Waals surface area (Å²) in [6.45, 7) is 3.31. The van der Waals surface area contributed by atoms with Gasteiger partial charge in [0.2, 0.25) is 0 Å². The topological polar surface area (TPSA) is 0 Å². The maximum Gasteiger partial charge on any atom is 0.0534 e. The third-order valence-electron chi connectivity index (χ3n) is 0.236. The van der Waals surface area contributed by atoms with Crippen LogP contribution in [0.5, 0.6) is 0 Å². The molecule has 0 saturated heterocycles. The molecule has 24 valence electrons. The molecule has 0 fully saturated rings. The van der Waals surface area contributed by atoms with E-state index in [1.54, 1.807) is 6.08 Å². The van der Waals surface area contributed by atoms with Crippen LogP contribution >= 0.6 is 0 Å². The van der Waals surface area contributed by atoms with E-state index in [0.29, 0.717) is 0 Å². The summed E-state index contributed by atoms with van der Waals surface area (Å²) in [6.07, 6.45) is 2.77. The first kappa shape index (κ1) is 2.01. The van der Waals surface area contributed by atoms with Crippen LogP contribution in [0.4, 0.5) is 0 Å². The third-order valence-corrected chi connectivity index (χ3v) is 0.236. The number of hydrogen-bond donors (Lipinski definition) is 0. The Hall–Kier alpha value is -0.260. The monoisotopic (exact) mass is 58.1 g/mol. The molecule has 0 bridgehead atoms. The van der Waals surface area contributed by atoms with Gasteiger partial charge in [0, 0.05) is 0 Å². The predicted molar refractivity (Wildman–Crippen MR) is 20.5 cm³/mol. The molecule has 0 nitrogen and oxygen atoms in total. The van der Waals surface area contributed by atoms with E-state index in [2.05, 4.69) is 0 Å². The predicted octanol–water partition coefficient (Wildman–Crippen LogP) is 1.58. The minimum Gasteiger partial charge on any atom is -0.103 e. The second-order valence-electron chi connectivity index (χ2n) is 0.644. The molecule has 0 N–H and O–H groups in total. The third kappa shape index (κ3) is 1.74. The van der Waals surface area contributed by atoms with Crippen LogP contribution < -0.4 is 0 Å². The van der Waals surface area contributed by atoms with Crippen molar-refractivity contribution < 1.29 is 1.37 Å². The van der Waals surface area contributed by atoms with Crippen molar-refractivity contribution in [1.29, 1.82) is 0 Å². The summed E-state index contributed by atoms with van der Waals surface area (Å²) in [7, 11) is 0. The standard InChI is InChI=1S/C4H8/c1-3-4-2/h3H,1,4H2,2H3/i1T. The molecule has 0 saturated carbocycles. The molecule has 0 atom stereocenters. The molecule has 0 spiro atoms. The highest BCUT2D eigenvalue weighted by Crippen LogP contribution is 1.66. The zero-order chi connectivity index (χ0) is 4.12. The molecule has 0 aromatic carbocycles. The van der Waals surface area contributed by atoms with Crippen LogP contribution in [-0.2, 0) is 0 Å². The SMILES string of the molecule is [3H]C=CCC. The molecule has 0 aliphatic rings. The minimum absolute atomic E-state index is 0.976. The lowest BCUT2D eigenvalue weighted by atomic mass is 10.5. The van der Waals surface area contributed by atoms with Gasteiger partial charge in [-0.3, -0.25) is 0 Å². The summed E-state index contributed by atoms with van der Waals surface area (Å²) in [4.78, 5) is 0. The van der Waals surface area contributed by atoms with Gasteiger partial charge in [-0.05, 0) is 6.42 Å². The molecule has 0 aromatic rings. The largest absolute Gasteiger partial charge is 0.103 e. The van der Waals surface area contributed by atoms with E-state index in [-0.39, 0.29) is 0 Å². The second-order valence-corrected chi connectivity index (χ2v) is 0.644. The Balaban J connectivity index is 2.62. The zero-order valence-electron chi connectivity index (χ0n) is 3.86. The molecule has 0 amide bonds. The lowest BCUT2D eigenvalue weighted by molar-refractivity contribution is 1.23. The molecule has 0 aromatic heterocycles. The summed E-state index contributed by atoms with van der Waals surface area (Å²) in [5.41, 5.74) is 0. The molecule has 0 rings (SSSR count). The smallest absolute Gasteiger partial charge is 0.0534 e. The fourth-order valence-electron chi connectivity index (χ4n) is 0. The number of rotatable bonds is 1. The highest BCUT2D eigenvalue weighted by Gasteiger charge is 1.45. The highest BCUT2D eigenvalue weighted by atomic mass is 13.5. The Labute approximate surface area is 28.5 Å². The van der Waals surface area contributed by atoms with Gasteiger partial charge in [-0.2, -0.15) is 0 Å². The summed E-state index contributed by atoms with van der Waals surface area (Å²) < 4.78 is 6.42. The van der Waals surface area contributed by atoms with Gasteiger partial charge >= 0.3 is 0 Å². The van der Waals surface area contributed by atoms with Crippen molar-refractivity contribution in [2.75, 3.05) is 0 Å². The van der Waals surface area contributed by atoms with Crippen LogP contribution in [0, 0.1) is 0 Å². The number of allylic oxidation sites excluding steroid dienone is 1. The summed E-state index contributed by atoms with van der Waals surface area (Å²) in [6, 6.07) is 0. The number of hydrogen-bond acceptors (Lipinski definition) is 0. The van der Waals surface area contributed by atoms with Gasteiger partial charge in [0.1, 0.15) is 0 Å². The lowest BCUT2D eigenvalue weighted by Crippen LogP contribution is -1.36. The Bertz CT molecular complexity index is 30.6. The molecule has 4 heavy (non-hydrogen) atoms. The lowest BCUT2D eigenvalue weighted by Gasteiger charge is -1.57. The van der Waals surface area contributed by atoms with E-state index in [0.717, 1.165) is 6.42 Å². The Morgan fingerprint density at radius 1 is 2.50 bits per heavy atom. The van der Waals surface area contributed by atoms with Gasteiger partial charge in [0.05, 0.1) is 1.37 Å². The fraction of sp³-hybridized carbons (Fsp3) is 0.500. The van der Waals surface area contributed by atoms with E-state index in [1.807, 2.05) is 6.92 Å². The normalized spacial score (nSPS) is 12.8. The quantitative estimate of drug-likeness (QED) is 0.401. The maximum absolute atomic E-state index is 6.42. The van der Waals surface area contributed by atoms with Gasteiger partial charge < -0.3 is 0 Å². The Morgan fingerprint density at radius 3 is 3.25 bits per heavy atom. The van der Waals surface area contributed by atoms with E-state index >= 15 is 0 Å². The van der Waals surface area contributed by atoms with Crippen molar-refractivity contribution in [1.82, 2.24) is 0 Å². The maximum atomic E-state index is 6.42. The van der Waals surface area contributed by atoms with Crippen LogP contribution in [0.15, 0.2) is 12.6 Å². The van der Waals surface area contributed by atoms with Crippen molar-refractivity contribution in [3.05, 3.63) is 12.6 Å². The Morgan fingerprint density at radius 2 is 3.25 bits per heavy atom. The molecule has 0 aliphatic heterocycles. The molecular formula is C4H8. The van der Waals surface area contributed by atoms with Crippen LogP contribution in [0.2, 0.25) is 0 Å². The molecule has 0 heteroatoms. The molecule has 0 heterocycles.